The van der Waals surface area contributed by atoms with E-state index in [0.29, 0.717) is 0 Å². The summed E-state index contributed by atoms with van der Waals surface area (Å²) in [6.45, 7) is 13.6. The Morgan fingerprint density at radius 2 is 1.77 bits per heavy atom. The first-order valence-electron chi connectivity index (χ1n) is 6.04. The number of likely N-dealkylation sites (tertiary alicyclic amines) is 1. The van der Waals surface area contributed by atoms with Crippen LogP contribution in [0.2, 0.25) is 0 Å². The highest BCUT2D eigenvalue weighted by molar-refractivity contribution is 4.69. The maximum Gasteiger partial charge on any atom is 0.0890 e. The molecule has 1 saturated heterocycles. The van der Waals surface area contributed by atoms with Crippen molar-refractivity contribution in [3.05, 3.63) is 0 Å². The molecule has 0 N–H and O–H groups in total. The summed E-state index contributed by atoms with van der Waals surface area (Å²) in [5, 5.41) is 0. The van der Waals surface area contributed by atoms with E-state index in [-0.39, 0.29) is 0 Å². The lowest BCUT2D eigenvalue weighted by Gasteiger charge is -2.48. The zero-order chi connectivity index (χ0) is 9.90. The van der Waals surface area contributed by atoms with Gasteiger partial charge in [-0.05, 0) is 32.6 Å². The van der Waals surface area contributed by atoms with E-state index in [0.717, 1.165) is 12.0 Å². The number of piperidine rings is 1. The van der Waals surface area contributed by atoms with Crippen LogP contribution in [0, 0.1) is 5.92 Å². The van der Waals surface area contributed by atoms with Gasteiger partial charge in [-0.15, -0.1) is 0 Å². The Morgan fingerprint density at radius 3 is 2.23 bits per heavy atom. The van der Waals surface area contributed by atoms with Gasteiger partial charge in [0.2, 0.25) is 0 Å². The van der Waals surface area contributed by atoms with Crippen molar-refractivity contribution < 1.29 is 4.48 Å². The van der Waals surface area contributed by atoms with Gasteiger partial charge < -0.3 is 4.48 Å². The molecule has 0 aromatic carbocycles. The molecule has 2 unspecified atom stereocenters. The molecule has 0 aromatic rings. The number of hydrogen-bond acceptors (Lipinski definition) is 0. The molecule has 1 heterocycles. The molecule has 1 aliphatic rings. The fourth-order valence-electron chi connectivity index (χ4n) is 3.08. The summed E-state index contributed by atoms with van der Waals surface area (Å²) < 4.78 is 1.39. The third-order valence-corrected chi connectivity index (χ3v) is 4.25. The summed E-state index contributed by atoms with van der Waals surface area (Å²) in [7, 11) is 0. The van der Waals surface area contributed by atoms with Crippen LogP contribution in [0.25, 0.3) is 0 Å². The van der Waals surface area contributed by atoms with Crippen LogP contribution < -0.4 is 0 Å². The van der Waals surface area contributed by atoms with Crippen molar-refractivity contribution in [1.29, 1.82) is 0 Å². The smallest absolute Gasteiger partial charge is 0.0890 e. The van der Waals surface area contributed by atoms with Gasteiger partial charge in [0.05, 0.1) is 25.7 Å². The standard InChI is InChI=1S/C12H26N/c1-5-12-10-11(4)8-9-13(12,6-2)7-3/h11-12H,5-10H2,1-4H3/q+1. The van der Waals surface area contributed by atoms with Crippen LogP contribution >= 0.6 is 0 Å². The molecule has 13 heavy (non-hydrogen) atoms. The highest BCUT2D eigenvalue weighted by atomic mass is 15.4. The summed E-state index contributed by atoms with van der Waals surface area (Å²) in [6, 6.07) is 0.943. The normalized spacial score (nSPS) is 33.2. The largest absolute Gasteiger partial charge is 0.322 e. The molecule has 78 valence electrons. The molecule has 0 radical (unpaired) electrons. The molecule has 0 aliphatic carbocycles. The number of quaternary nitrogens is 1. The van der Waals surface area contributed by atoms with E-state index >= 15 is 0 Å². The average Bonchev–Trinajstić information content (AvgIpc) is 2.18. The van der Waals surface area contributed by atoms with Gasteiger partial charge in [0.25, 0.3) is 0 Å². The SMILES string of the molecule is CCC1CC(C)CC[N+]1(CC)CC. The van der Waals surface area contributed by atoms with Crippen LogP contribution in [-0.4, -0.2) is 30.2 Å². The summed E-state index contributed by atoms with van der Waals surface area (Å²) in [5.74, 6) is 0.967. The van der Waals surface area contributed by atoms with Crippen molar-refractivity contribution >= 4 is 0 Å². The van der Waals surface area contributed by atoms with Crippen molar-refractivity contribution in [1.82, 2.24) is 0 Å². The summed E-state index contributed by atoms with van der Waals surface area (Å²) in [5.41, 5.74) is 0. The quantitative estimate of drug-likeness (QED) is 0.591. The lowest BCUT2D eigenvalue weighted by atomic mass is 9.88. The van der Waals surface area contributed by atoms with Gasteiger partial charge >= 0.3 is 0 Å². The molecule has 0 aromatic heterocycles. The molecule has 0 saturated carbocycles. The molecular weight excluding hydrogens is 158 g/mol. The predicted octanol–water partition coefficient (Wildman–Crippen LogP) is 3.05. The highest BCUT2D eigenvalue weighted by Crippen LogP contribution is 2.30. The van der Waals surface area contributed by atoms with E-state index in [2.05, 4.69) is 27.7 Å². The third kappa shape index (κ3) is 2.07. The summed E-state index contributed by atoms with van der Waals surface area (Å²) in [4.78, 5) is 0. The Labute approximate surface area is 83.7 Å². The van der Waals surface area contributed by atoms with Gasteiger partial charge in [-0.25, -0.2) is 0 Å². The molecule has 1 fully saturated rings. The Hall–Kier alpha value is -0.0400. The van der Waals surface area contributed by atoms with Crippen LogP contribution in [0.3, 0.4) is 0 Å². The first kappa shape index (κ1) is 11.0. The van der Waals surface area contributed by atoms with Gasteiger partial charge in [0, 0.05) is 6.42 Å². The topological polar surface area (TPSA) is 0 Å². The minimum absolute atomic E-state index is 0.943. The second-order valence-electron chi connectivity index (χ2n) is 4.77. The van der Waals surface area contributed by atoms with Crippen molar-refractivity contribution in [3.8, 4) is 0 Å². The summed E-state index contributed by atoms with van der Waals surface area (Å²) in [6.07, 6.45) is 4.27. The lowest BCUT2D eigenvalue weighted by molar-refractivity contribution is -0.954. The lowest BCUT2D eigenvalue weighted by Crippen LogP contribution is -2.58. The Kier molecular flexibility index (Phi) is 3.78. The molecular formula is C12H26N+. The molecule has 0 bridgehead atoms. The van der Waals surface area contributed by atoms with E-state index in [4.69, 9.17) is 0 Å². The number of hydrogen-bond donors (Lipinski definition) is 0. The zero-order valence-corrected chi connectivity index (χ0v) is 9.84. The maximum absolute atomic E-state index is 2.42. The molecule has 1 heteroatoms. The van der Waals surface area contributed by atoms with Crippen LogP contribution in [0.1, 0.15) is 47.0 Å². The second kappa shape index (κ2) is 4.45. The van der Waals surface area contributed by atoms with E-state index in [1.807, 2.05) is 0 Å². The van der Waals surface area contributed by atoms with Gasteiger partial charge in [0.15, 0.2) is 0 Å². The van der Waals surface area contributed by atoms with Crippen LogP contribution in [0.15, 0.2) is 0 Å². The second-order valence-corrected chi connectivity index (χ2v) is 4.77. The van der Waals surface area contributed by atoms with Crippen LogP contribution in [0.5, 0.6) is 0 Å². The van der Waals surface area contributed by atoms with Gasteiger partial charge in [-0.3, -0.25) is 0 Å². The van der Waals surface area contributed by atoms with E-state index < -0.39 is 0 Å². The van der Waals surface area contributed by atoms with Crippen molar-refractivity contribution in [2.75, 3.05) is 19.6 Å². The molecule has 1 rings (SSSR count). The van der Waals surface area contributed by atoms with Gasteiger partial charge in [-0.2, -0.15) is 0 Å². The fourth-order valence-corrected chi connectivity index (χ4v) is 3.08. The van der Waals surface area contributed by atoms with Crippen molar-refractivity contribution in [3.63, 3.8) is 0 Å². The minimum atomic E-state index is 0.943. The fraction of sp³-hybridized carbons (Fsp3) is 1.00. The Morgan fingerprint density at radius 1 is 1.15 bits per heavy atom. The monoisotopic (exact) mass is 184 g/mol. The molecule has 1 aliphatic heterocycles. The van der Waals surface area contributed by atoms with Gasteiger partial charge in [0.1, 0.15) is 0 Å². The maximum atomic E-state index is 2.42. The predicted molar refractivity (Wildman–Crippen MR) is 58.7 cm³/mol. The third-order valence-electron chi connectivity index (χ3n) is 4.25. The molecule has 0 amide bonds. The van der Waals surface area contributed by atoms with E-state index in [9.17, 15) is 0 Å². The van der Waals surface area contributed by atoms with Crippen LogP contribution in [-0.2, 0) is 0 Å². The van der Waals surface area contributed by atoms with Crippen LogP contribution in [0.4, 0.5) is 0 Å². The molecule has 0 spiro atoms. The first-order chi connectivity index (χ1) is 6.18. The Bertz CT molecular complexity index is 149. The van der Waals surface area contributed by atoms with E-state index in [1.165, 1.54) is 43.4 Å². The van der Waals surface area contributed by atoms with Crippen molar-refractivity contribution in [2.24, 2.45) is 5.92 Å². The minimum Gasteiger partial charge on any atom is -0.322 e. The van der Waals surface area contributed by atoms with Gasteiger partial charge in [-0.1, -0.05) is 13.8 Å². The van der Waals surface area contributed by atoms with E-state index in [1.54, 1.807) is 0 Å². The van der Waals surface area contributed by atoms with Crippen molar-refractivity contribution in [2.45, 2.75) is 53.0 Å². The number of rotatable bonds is 3. The first-order valence-corrected chi connectivity index (χ1v) is 6.04. The Balaban J connectivity index is 2.70. The zero-order valence-electron chi connectivity index (χ0n) is 9.84. The highest BCUT2D eigenvalue weighted by Gasteiger charge is 2.37. The average molecular weight is 184 g/mol. The number of nitrogens with zero attached hydrogens (tertiary/aromatic N) is 1. The summed E-state index contributed by atoms with van der Waals surface area (Å²) >= 11 is 0. The molecule has 1 nitrogen and oxygen atoms in total. The molecule has 2 atom stereocenters.